The number of nitrogens with two attached hydrogens (primary N) is 1. The molecule has 6 heteroatoms. The molecule has 0 aliphatic carbocycles. The van der Waals surface area contributed by atoms with E-state index in [0.29, 0.717) is 5.92 Å². The molecular weight excluding hydrogens is 370 g/mol. The van der Waals surface area contributed by atoms with E-state index in [1.54, 1.807) is 0 Å². The Kier molecular flexibility index (Phi) is 5.73. The van der Waals surface area contributed by atoms with Crippen molar-refractivity contribution >= 4 is 21.4 Å². The first-order chi connectivity index (χ1) is 13.1. The Labute approximate surface area is 169 Å². The maximum atomic E-state index is 12.2. The van der Waals surface area contributed by atoms with Crippen molar-refractivity contribution < 1.29 is 8.42 Å². The topological polar surface area (TPSA) is 75.4 Å². The molecule has 1 aliphatic rings. The van der Waals surface area contributed by atoms with Crippen LogP contribution >= 0.6 is 0 Å². The lowest BCUT2D eigenvalue weighted by Gasteiger charge is -2.37. The minimum atomic E-state index is -3.77. The average Bonchev–Trinajstić information content (AvgIpc) is 2.59. The number of primary sulfonamides is 1. The second-order valence-corrected chi connectivity index (χ2v) is 9.66. The predicted molar refractivity (Wildman–Crippen MR) is 117 cm³/mol. The second-order valence-electron chi connectivity index (χ2n) is 8.16. The van der Waals surface area contributed by atoms with Crippen molar-refractivity contribution in [3.63, 3.8) is 0 Å². The van der Waals surface area contributed by atoms with Crippen molar-refractivity contribution in [1.29, 1.82) is 0 Å². The van der Waals surface area contributed by atoms with Crippen LogP contribution in [0.5, 0.6) is 0 Å². The lowest BCUT2D eigenvalue weighted by Crippen LogP contribution is -2.38. The first kappa shape index (κ1) is 20.7. The first-order valence-corrected chi connectivity index (χ1v) is 11.4. The molecule has 2 aromatic rings. The molecule has 0 saturated heterocycles. The Bertz CT molecular complexity index is 984. The largest absolute Gasteiger partial charge is 0.382 e. The predicted octanol–water partition coefficient (Wildman–Crippen LogP) is 3.93. The minimum absolute atomic E-state index is 0.201. The van der Waals surface area contributed by atoms with Crippen molar-refractivity contribution in [1.82, 2.24) is 0 Å². The van der Waals surface area contributed by atoms with E-state index in [-0.39, 0.29) is 10.8 Å². The van der Waals surface area contributed by atoms with Gasteiger partial charge in [0.05, 0.1) is 16.3 Å². The Morgan fingerprint density at radius 3 is 2.46 bits per heavy atom. The highest BCUT2D eigenvalue weighted by atomic mass is 32.2. The van der Waals surface area contributed by atoms with E-state index in [1.165, 1.54) is 5.69 Å². The lowest BCUT2D eigenvalue weighted by atomic mass is 9.82. The molecule has 1 unspecified atom stereocenters. The second kappa shape index (κ2) is 7.76. The third-order valence-corrected chi connectivity index (χ3v) is 6.98. The van der Waals surface area contributed by atoms with E-state index >= 15 is 0 Å². The van der Waals surface area contributed by atoms with Crippen LogP contribution in [-0.4, -0.2) is 28.1 Å². The van der Waals surface area contributed by atoms with Crippen LogP contribution in [-0.2, 0) is 10.0 Å². The van der Waals surface area contributed by atoms with Gasteiger partial charge in [0.2, 0.25) is 10.0 Å². The summed E-state index contributed by atoms with van der Waals surface area (Å²) in [5, 5.41) is 9.01. The van der Waals surface area contributed by atoms with E-state index in [1.807, 2.05) is 26.0 Å². The van der Waals surface area contributed by atoms with Gasteiger partial charge in [-0.05, 0) is 61.1 Å². The molecule has 0 aromatic heterocycles. The van der Waals surface area contributed by atoms with Crippen LogP contribution in [0.25, 0.3) is 0 Å². The molecule has 0 radical (unpaired) electrons. The van der Waals surface area contributed by atoms with Gasteiger partial charge in [0.15, 0.2) is 0 Å². The Hall–Kier alpha value is -2.05. The first-order valence-electron chi connectivity index (χ1n) is 9.82. The molecule has 0 amide bonds. The molecule has 2 aromatic carbocycles. The summed E-state index contributed by atoms with van der Waals surface area (Å²) >= 11 is 0. The summed E-state index contributed by atoms with van der Waals surface area (Å²) in [6.07, 6.45) is 0. The number of anilines is 2. The summed E-state index contributed by atoms with van der Waals surface area (Å²) in [4.78, 5) is 2.69. The molecule has 28 heavy (non-hydrogen) atoms. The number of benzene rings is 2. The summed E-state index contributed by atoms with van der Waals surface area (Å²) in [6, 6.07) is 10.3. The maximum Gasteiger partial charge on any atom is 0.238 e. The van der Waals surface area contributed by atoms with Gasteiger partial charge in [0.1, 0.15) is 0 Å². The highest BCUT2D eigenvalue weighted by molar-refractivity contribution is 7.89. The van der Waals surface area contributed by atoms with E-state index in [4.69, 9.17) is 5.14 Å². The summed E-state index contributed by atoms with van der Waals surface area (Å²) in [7, 11) is -3.77. The summed E-state index contributed by atoms with van der Waals surface area (Å²) in [6.45, 7) is 12.9. The molecule has 0 bridgehead atoms. The van der Waals surface area contributed by atoms with Crippen LogP contribution in [0, 0.1) is 26.7 Å². The van der Waals surface area contributed by atoms with Gasteiger partial charge in [-0.3, -0.25) is 0 Å². The van der Waals surface area contributed by atoms with Gasteiger partial charge in [-0.1, -0.05) is 32.0 Å². The number of hydrogen-bond donors (Lipinski definition) is 2. The molecule has 5 nitrogen and oxygen atoms in total. The van der Waals surface area contributed by atoms with Crippen LogP contribution in [0.1, 0.15) is 42.0 Å². The van der Waals surface area contributed by atoms with Crippen molar-refractivity contribution in [2.24, 2.45) is 11.1 Å². The summed E-state index contributed by atoms with van der Waals surface area (Å²) in [5.74, 6) is 0.558. The van der Waals surface area contributed by atoms with Crippen LogP contribution in [0.2, 0.25) is 0 Å². The lowest BCUT2D eigenvalue weighted by molar-refractivity contribution is 0.484. The van der Waals surface area contributed by atoms with E-state index in [2.05, 4.69) is 49.2 Å². The average molecular weight is 402 g/mol. The fraction of sp³-hybridized carbons (Fsp3) is 0.455. The molecular formula is C22H31N3O2S. The number of rotatable bonds is 5. The third-order valence-electron chi connectivity index (χ3n) is 5.78. The van der Waals surface area contributed by atoms with Gasteiger partial charge in [0.25, 0.3) is 0 Å². The molecule has 1 atom stereocenters. The number of sulfonamides is 1. The number of fused-ring (bicyclic) bond motifs is 1. The molecule has 1 heterocycles. The van der Waals surface area contributed by atoms with Crippen molar-refractivity contribution in [2.75, 3.05) is 29.9 Å². The molecule has 3 rings (SSSR count). The van der Waals surface area contributed by atoms with Gasteiger partial charge in [0, 0.05) is 25.6 Å². The smallest absolute Gasteiger partial charge is 0.238 e. The number of para-hydroxylation sites is 2. The molecule has 1 aliphatic heterocycles. The van der Waals surface area contributed by atoms with Crippen LogP contribution in [0.4, 0.5) is 11.4 Å². The standard InChI is InChI=1S/C22H31N3O2S/c1-14(2)18(13-25-11-10-24-19-8-6-7-9-20(19)25)21-15(3)12-16(4)22(17(21)5)28(23,26)27/h6-9,12,14,18,24H,10-11,13H2,1-5H3,(H2,23,26,27). The van der Waals surface area contributed by atoms with Gasteiger partial charge in [-0.15, -0.1) is 0 Å². The Balaban J connectivity index is 2.08. The third kappa shape index (κ3) is 3.89. The number of nitrogens with zero attached hydrogens (tertiary/aromatic N) is 1. The highest BCUT2D eigenvalue weighted by Gasteiger charge is 2.28. The normalized spacial score (nSPS) is 15.3. The SMILES string of the molecule is Cc1cc(C)c(S(N)(=O)=O)c(C)c1C(CN1CCNc2ccccc21)C(C)C. The van der Waals surface area contributed by atoms with E-state index in [9.17, 15) is 8.42 Å². The van der Waals surface area contributed by atoms with E-state index in [0.717, 1.165) is 47.6 Å². The van der Waals surface area contributed by atoms with Gasteiger partial charge >= 0.3 is 0 Å². The van der Waals surface area contributed by atoms with E-state index < -0.39 is 10.0 Å². The van der Waals surface area contributed by atoms with Gasteiger partial charge < -0.3 is 10.2 Å². The molecule has 0 spiro atoms. The molecule has 152 valence electrons. The van der Waals surface area contributed by atoms with Crippen molar-refractivity contribution in [3.8, 4) is 0 Å². The molecule has 0 saturated carbocycles. The zero-order chi connectivity index (χ0) is 20.6. The van der Waals surface area contributed by atoms with Crippen molar-refractivity contribution in [2.45, 2.75) is 45.4 Å². The fourth-order valence-electron chi connectivity index (χ4n) is 4.60. The van der Waals surface area contributed by atoms with Gasteiger partial charge in [-0.2, -0.15) is 0 Å². The van der Waals surface area contributed by atoms with Crippen LogP contribution < -0.4 is 15.4 Å². The Morgan fingerprint density at radius 2 is 1.82 bits per heavy atom. The van der Waals surface area contributed by atoms with Crippen LogP contribution in [0.15, 0.2) is 35.2 Å². The quantitative estimate of drug-likeness (QED) is 0.796. The minimum Gasteiger partial charge on any atom is -0.382 e. The zero-order valence-electron chi connectivity index (χ0n) is 17.4. The molecule has 3 N–H and O–H groups in total. The number of hydrogen-bond acceptors (Lipinski definition) is 4. The summed E-state index contributed by atoms with van der Waals surface area (Å²) in [5.41, 5.74) is 6.11. The molecule has 0 fully saturated rings. The van der Waals surface area contributed by atoms with Crippen molar-refractivity contribution in [3.05, 3.63) is 52.6 Å². The van der Waals surface area contributed by atoms with Gasteiger partial charge in [-0.25, -0.2) is 13.6 Å². The zero-order valence-corrected chi connectivity index (χ0v) is 18.2. The van der Waals surface area contributed by atoms with Crippen LogP contribution in [0.3, 0.4) is 0 Å². The number of nitrogens with one attached hydrogen (secondary N) is 1. The Morgan fingerprint density at radius 1 is 1.14 bits per heavy atom. The monoisotopic (exact) mass is 401 g/mol. The maximum absolute atomic E-state index is 12.2. The number of aryl methyl sites for hydroxylation is 2. The fourth-order valence-corrected chi connectivity index (χ4v) is 5.64. The highest BCUT2D eigenvalue weighted by Crippen LogP contribution is 2.37. The summed E-state index contributed by atoms with van der Waals surface area (Å²) < 4.78 is 24.5.